The maximum atomic E-state index is 12.4. The van der Waals surface area contributed by atoms with Crippen LogP contribution in [0.25, 0.3) is 0 Å². The molecule has 0 aliphatic rings. The Hall–Kier alpha value is -1.58. The minimum absolute atomic E-state index is 0.113. The van der Waals surface area contributed by atoms with Gasteiger partial charge in [0, 0.05) is 0 Å². The van der Waals surface area contributed by atoms with Crippen LogP contribution in [-0.4, -0.2) is 14.2 Å². The number of rotatable bonds is 6. The highest BCUT2D eigenvalue weighted by atomic mass is 35.5. The van der Waals surface area contributed by atoms with Crippen LogP contribution in [0.15, 0.2) is 66.1 Å². The zero-order valence-electron chi connectivity index (χ0n) is 12.5. The Kier molecular flexibility index (Phi) is 5.43. The molecular formula is C18H19ClO2S. The van der Waals surface area contributed by atoms with Gasteiger partial charge in [-0.1, -0.05) is 48.0 Å². The quantitative estimate of drug-likeness (QED) is 0.576. The molecule has 0 bridgehead atoms. The van der Waals surface area contributed by atoms with Gasteiger partial charge < -0.3 is 0 Å². The van der Waals surface area contributed by atoms with Crippen molar-refractivity contribution < 1.29 is 8.42 Å². The van der Waals surface area contributed by atoms with E-state index in [-0.39, 0.29) is 5.75 Å². The van der Waals surface area contributed by atoms with Crippen LogP contribution >= 0.6 is 11.6 Å². The summed E-state index contributed by atoms with van der Waals surface area (Å²) in [6, 6.07) is 14.5. The van der Waals surface area contributed by atoms with E-state index in [0.29, 0.717) is 4.90 Å². The van der Waals surface area contributed by atoms with Crippen LogP contribution in [0.4, 0.5) is 0 Å². The summed E-state index contributed by atoms with van der Waals surface area (Å²) in [6.07, 6.45) is 2.62. The summed E-state index contributed by atoms with van der Waals surface area (Å²) in [7, 11) is -3.39. The summed E-state index contributed by atoms with van der Waals surface area (Å²) in [4.78, 5) is 0.312. The largest absolute Gasteiger partial charge is 0.224 e. The molecule has 0 fully saturated rings. The molecule has 22 heavy (non-hydrogen) atoms. The zero-order chi connectivity index (χ0) is 16.2. The molecule has 4 heteroatoms. The highest BCUT2D eigenvalue weighted by molar-refractivity contribution is 7.91. The summed E-state index contributed by atoms with van der Waals surface area (Å²) < 4.78 is 24.8. The fourth-order valence-corrected chi connectivity index (χ4v) is 4.12. The molecule has 0 aromatic heterocycles. The lowest BCUT2D eigenvalue weighted by Crippen LogP contribution is -2.11. The summed E-state index contributed by atoms with van der Waals surface area (Å²) >= 11 is 6.30. The van der Waals surface area contributed by atoms with Crippen LogP contribution in [-0.2, 0) is 16.3 Å². The van der Waals surface area contributed by atoms with Gasteiger partial charge in [-0.3, -0.25) is 0 Å². The average Bonchev–Trinajstić information content (AvgIpc) is 2.48. The van der Waals surface area contributed by atoms with E-state index in [0.717, 1.165) is 23.1 Å². The van der Waals surface area contributed by atoms with Crippen LogP contribution in [0.3, 0.4) is 0 Å². The van der Waals surface area contributed by atoms with Crippen molar-refractivity contribution in [3.63, 3.8) is 0 Å². The fourth-order valence-electron chi connectivity index (χ4n) is 2.16. The summed E-state index contributed by atoms with van der Waals surface area (Å²) in [5.74, 6) is -0.113. The van der Waals surface area contributed by atoms with Crippen molar-refractivity contribution >= 4 is 21.4 Å². The molecule has 0 radical (unpaired) electrons. The van der Waals surface area contributed by atoms with E-state index < -0.39 is 15.2 Å². The van der Waals surface area contributed by atoms with Gasteiger partial charge in [-0.05, 0) is 36.6 Å². The van der Waals surface area contributed by atoms with Crippen molar-refractivity contribution in [2.24, 2.45) is 0 Å². The van der Waals surface area contributed by atoms with E-state index in [2.05, 4.69) is 6.58 Å². The minimum atomic E-state index is -3.39. The van der Waals surface area contributed by atoms with Crippen molar-refractivity contribution in [1.29, 1.82) is 0 Å². The van der Waals surface area contributed by atoms with Gasteiger partial charge in [0.15, 0.2) is 9.84 Å². The van der Waals surface area contributed by atoms with Gasteiger partial charge in [-0.15, -0.1) is 18.2 Å². The summed E-state index contributed by atoms with van der Waals surface area (Å²) in [5.41, 5.74) is 2.97. The van der Waals surface area contributed by atoms with Crippen LogP contribution < -0.4 is 0 Å². The lowest BCUT2D eigenvalue weighted by molar-refractivity contribution is 0.594. The first kappa shape index (κ1) is 16.8. The maximum absolute atomic E-state index is 12.4. The molecule has 2 nitrogen and oxygen atoms in total. The highest BCUT2D eigenvalue weighted by Gasteiger charge is 2.21. The first-order valence-electron chi connectivity index (χ1n) is 7.05. The van der Waals surface area contributed by atoms with Gasteiger partial charge >= 0.3 is 0 Å². The van der Waals surface area contributed by atoms with E-state index >= 15 is 0 Å². The highest BCUT2D eigenvalue weighted by Crippen LogP contribution is 2.26. The topological polar surface area (TPSA) is 34.1 Å². The van der Waals surface area contributed by atoms with E-state index in [4.69, 9.17) is 11.6 Å². The second-order valence-electron chi connectivity index (χ2n) is 5.30. The summed E-state index contributed by atoms with van der Waals surface area (Å²) in [5, 5.41) is -0.566. The van der Waals surface area contributed by atoms with E-state index in [1.165, 1.54) is 0 Å². The zero-order valence-corrected chi connectivity index (χ0v) is 14.1. The number of aryl methyl sites for hydroxylation is 1. The van der Waals surface area contributed by atoms with Crippen LogP contribution in [0, 0.1) is 6.92 Å². The molecule has 2 aromatic rings. The molecule has 0 saturated heterocycles. The molecule has 1 unspecified atom stereocenters. The molecule has 0 aliphatic heterocycles. The number of allylic oxidation sites excluding steroid dienone is 1. The number of hydrogen-bond donors (Lipinski definition) is 0. The second kappa shape index (κ2) is 7.12. The second-order valence-corrected chi connectivity index (χ2v) is 7.86. The monoisotopic (exact) mass is 334 g/mol. The third-order valence-electron chi connectivity index (χ3n) is 3.47. The lowest BCUT2D eigenvalue weighted by Gasteiger charge is -2.11. The predicted molar refractivity (Wildman–Crippen MR) is 92.2 cm³/mol. The van der Waals surface area contributed by atoms with Crippen molar-refractivity contribution in [1.82, 2.24) is 0 Å². The molecule has 0 N–H and O–H groups in total. The Balaban J connectivity index is 2.14. The molecule has 0 spiro atoms. The standard InChI is InChI=1S/C18H19ClO2S/c1-3-4-15-7-9-16(10-8-15)18(19)13-22(20,21)17-11-5-14(2)6-12-17/h3,5-12,18H,1,4,13H2,2H3. The third kappa shape index (κ3) is 4.21. The SMILES string of the molecule is C=CCc1ccc(C(Cl)CS(=O)(=O)c2ccc(C)cc2)cc1. The minimum Gasteiger partial charge on any atom is -0.224 e. The van der Waals surface area contributed by atoms with Crippen molar-refractivity contribution in [2.75, 3.05) is 5.75 Å². The first-order chi connectivity index (χ1) is 10.4. The molecule has 0 heterocycles. The normalized spacial score (nSPS) is 12.8. The molecule has 0 saturated carbocycles. The van der Waals surface area contributed by atoms with Crippen LogP contribution in [0.5, 0.6) is 0 Å². The third-order valence-corrected chi connectivity index (χ3v) is 5.82. The van der Waals surface area contributed by atoms with Gasteiger partial charge in [0.2, 0.25) is 0 Å². The van der Waals surface area contributed by atoms with Gasteiger partial charge in [-0.25, -0.2) is 8.42 Å². The molecule has 2 rings (SSSR count). The Bertz CT molecular complexity index is 732. The number of alkyl halides is 1. The predicted octanol–water partition coefficient (Wildman–Crippen LogP) is 4.48. The molecule has 116 valence electrons. The van der Waals surface area contributed by atoms with Gasteiger partial charge in [0.05, 0.1) is 16.0 Å². The maximum Gasteiger partial charge on any atom is 0.180 e. The Morgan fingerprint density at radius 2 is 1.68 bits per heavy atom. The van der Waals surface area contributed by atoms with Gasteiger partial charge in [0.1, 0.15) is 0 Å². The molecule has 0 amide bonds. The molecule has 2 aromatic carbocycles. The number of sulfone groups is 1. The van der Waals surface area contributed by atoms with Crippen LogP contribution in [0.1, 0.15) is 22.1 Å². The van der Waals surface area contributed by atoms with E-state index in [1.54, 1.807) is 24.3 Å². The Labute approximate surface area is 137 Å². The van der Waals surface area contributed by atoms with E-state index in [9.17, 15) is 8.42 Å². The van der Waals surface area contributed by atoms with Crippen molar-refractivity contribution in [3.05, 3.63) is 77.9 Å². The van der Waals surface area contributed by atoms with Gasteiger partial charge in [0.25, 0.3) is 0 Å². The summed E-state index contributed by atoms with van der Waals surface area (Å²) in [6.45, 7) is 5.62. The molecular weight excluding hydrogens is 316 g/mol. The number of benzene rings is 2. The molecule has 0 aliphatic carbocycles. The Morgan fingerprint density at radius 1 is 1.09 bits per heavy atom. The molecule has 1 atom stereocenters. The number of hydrogen-bond acceptors (Lipinski definition) is 2. The lowest BCUT2D eigenvalue weighted by atomic mass is 10.1. The van der Waals surface area contributed by atoms with E-state index in [1.807, 2.05) is 37.3 Å². The first-order valence-corrected chi connectivity index (χ1v) is 9.14. The number of halogens is 1. The fraction of sp³-hybridized carbons (Fsp3) is 0.222. The Morgan fingerprint density at radius 3 is 2.23 bits per heavy atom. The average molecular weight is 335 g/mol. The smallest absolute Gasteiger partial charge is 0.180 e. The van der Waals surface area contributed by atoms with Crippen molar-refractivity contribution in [2.45, 2.75) is 23.6 Å². The van der Waals surface area contributed by atoms with Gasteiger partial charge in [-0.2, -0.15) is 0 Å². The van der Waals surface area contributed by atoms with Crippen LogP contribution in [0.2, 0.25) is 0 Å². The van der Waals surface area contributed by atoms with Crippen molar-refractivity contribution in [3.8, 4) is 0 Å².